The third kappa shape index (κ3) is 12.6. The molecule has 1 aliphatic rings. The van der Waals surface area contributed by atoms with Crippen LogP contribution >= 0.6 is 11.3 Å². The third-order valence-electron chi connectivity index (χ3n) is 12.1. The summed E-state index contributed by atoms with van der Waals surface area (Å²) in [5, 5.41) is 1.88. The molecule has 1 aliphatic heterocycles. The molecule has 0 fully saturated rings. The van der Waals surface area contributed by atoms with E-state index in [9.17, 15) is 24.0 Å². The molecule has 6 amide bonds. The zero-order valence-corrected chi connectivity index (χ0v) is 40.9. The summed E-state index contributed by atoms with van der Waals surface area (Å²) < 4.78 is 0. The van der Waals surface area contributed by atoms with Crippen LogP contribution in [0.15, 0.2) is 47.1 Å². The average Bonchev–Trinajstić information content (AvgIpc) is 3.66. The molecule has 11 nitrogen and oxygen atoms in total. The number of thiazole rings is 1. The van der Waals surface area contributed by atoms with Crippen LogP contribution in [-0.4, -0.2) is 74.0 Å². The summed E-state index contributed by atoms with van der Waals surface area (Å²) in [6.45, 7) is 26.4. The molecule has 2 aromatic rings. The predicted molar refractivity (Wildman–Crippen MR) is 251 cm³/mol. The van der Waals surface area contributed by atoms with Gasteiger partial charge in [-0.2, -0.15) is 10.0 Å². The lowest BCUT2D eigenvalue weighted by Crippen LogP contribution is -2.60. The van der Waals surface area contributed by atoms with Crippen molar-refractivity contribution in [3.05, 3.63) is 63.2 Å². The number of rotatable bonds is 22. The van der Waals surface area contributed by atoms with Crippen molar-refractivity contribution in [1.82, 2.24) is 19.9 Å². The fraction of sp³-hybridized carbons (Fsp3) is 0.620. The van der Waals surface area contributed by atoms with E-state index in [1.54, 1.807) is 45.0 Å². The fourth-order valence-electron chi connectivity index (χ4n) is 8.00. The number of hydrazine groups is 1. The van der Waals surface area contributed by atoms with Crippen LogP contribution in [-0.2, 0) is 29.4 Å². The van der Waals surface area contributed by atoms with Gasteiger partial charge in [-0.05, 0) is 88.5 Å². The van der Waals surface area contributed by atoms with E-state index in [4.69, 9.17) is 4.98 Å². The topological polar surface area (TPSA) is 128 Å². The van der Waals surface area contributed by atoms with Crippen LogP contribution in [0.1, 0.15) is 188 Å². The van der Waals surface area contributed by atoms with E-state index in [1.807, 2.05) is 6.92 Å². The van der Waals surface area contributed by atoms with Crippen LogP contribution < -0.4 is 4.90 Å². The Hall–Kier alpha value is -4.45. The van der Waals surface area contributed by atoms with E-state index in [2.05, 4.69) is 53.4 Å². The van der Waals surface area contributed by atoms with Crippen LogP contribution in [0.3, 0.4) is 0 Å². The number of hydrogen-bond acceptors (Lipinski definition) is 9. The molecule has 0 saturated heterocycles. The monoisotopic (exact) mass is 874 g/mol. The van der Waals surface area contributed by atoms with Gasteiger partial charge in [0.15, 0.2) is 5.13 Å². The van der Waals surface area contributed by atoms with Crippen LogP contribution in [0.25, 0.3) is 6.08 Å². The van der Waals surface area contributed by atoms with Crippen molar-refractivity contribution in [3.8, 4) is 0 Å². The Morgan fingerprint density at radius 3 is 1.76 bits per heavy atom. The molecule has 62 heavy (non-hydrogen) atoms. The molecule has 12 heteroatoms. The van der Waals surface area contributed by atoms with Crippen LogP contribution in [0, 0.1) is 11.8 Å². The van der Waals surface area contributed by atoms with Gasteiger partial charge in [0.2, 0.25) is 11.8 Å². The van der Waals surface area contributed by atoms with Crippen molar-refractivity contribution < 1.29 is 28.8 Å². The molecular weight excluding hydrogens is 799 g/mol. The van der Waals surface area contributed by atoms with E-state index in [1.165, 1.54) is 30.4 Å². The highest BCUT2D eigenvalue weighted by atomic mass is 32.1. The van der Waals surface area contributed by atoms with Gasteiger partial charge in [0, 0.05) is 49.0 Å². The molecule has 3 rings (SSSR count). The normalized spacial score (nSPS) is 15.2. The van der Waals surface area contributed by atoms with Crippen molar-refractivity contribution in [2.75, 3.05) is 18.0 Å². The number of carbonyl (C=O) groups excluding carboxylic acids is 6. The number of imide groups is 3. The molecule has 2 unspecified atom stereocenters. The van der Waals surface area contributed by atoms with Crippen molar-refractivity contribution in [2.24, 2.45) is 11.8 Å². The van der Waals surface area contributed by atoms with Crippen LogP contribution in [0.5, 0.6) is 0 Å². The molecule has 0 radical (unpaired) electrons. The van der Waals surface area contributed by atoms with E-state index in [-0.39, 0.29) is 23.1 Å². The summed E-state index contributed by atoms with van der Waals surface area (Å²) in [5.74, 6) is -4.42. The standard InChI is InChI=1S/C50H75N5O6S/c1-14-20-26-36(17-4)32-52(33-37(18-5)27-21-15-2)48-51-43(50(12,13)19-6)41(62-48)31-40-39(30-22-16-3)42(46(60)53(34(7)56)49(9,10)11)47(61)55(45(40)59)54(35(8)57)44(58)38-28-24-23-25-29-38/h23-25,28-29,31,36-37H,14-22,26-27,30,32-33H2,1-13H3/b40-31-. The molecule has 0 aliphatic carbocycles. The first-order chi connectivity index (χ1) is 29.2. The number of aromatic nitrogens is 1. The molecule has 2 atom stereocenters. The van der Waals surface area contributed by atoms with Gasteiger partial charge in [-0.1, -0.05) is 130 Å². The zero-order chi connectivity index (χ0) is 46.5. The molecule has 1 aromatic carbocycles. The maximum absolute atomic E-state index is 15.2. The van der Waals surface area contributed by atoms with Gasteiger partial charge in [-0.25, -0.2) is 4.98 Å². The summed E-state index contributed by atoms with van der Waals surface area (Å²) in [6, 6.07) is 7.91. The van der Waals surface area contributed by atoms with Gasteiger partial charge < -0.3 is 4.90 Å². The molecule has 2 heterocycles. The number of carbonyl (C=O) groups is 6. The predicted octanol–water partition coefficient (Wildman–Crippen LogP) is 11.1. The average molecular weight is 874 g/mol. The molecule has 342 valence electrons. The van der Waals surface area contributed by atoms with Gasteiger partial charge in [0.1, 0.15) is 5.57 Å². The number of anilines is 1. The number of hydrogen-bond donors (Lipinski definition) is 0. The van der Waals surface area contributed by atoms with Gasteiger partial charge in [-0.3, -0.25) is 33.7 Å². The lowest BCUT2D eigenvalue weighted by molar-refractivity contribution is -0.164. The number of unbranched alkanes of at least 4 members (excludes halogenated alkanes) is 3. The third-order valence-corrected chi connectivity index (χ3v) is 13.2. The highest BCUT2D eigenvalue weighted by Gasteiger charge is 2.48. The van der Waals surface area contributed by atoms with Crippen molar-refractivity contribution in [1.29, 1.82) is 0 Å². The van der Waals surface area contributed by atoms with Gasteiger partial charge in [0.05, 0.1) is 10.6 Å². The first-order valence-electron chi connectivity index (χ1n) is 23.1. The van der Waals surface area contributed by atoms with Crippen LogP contribution in [0.4, 0.5) is 5.13 Å². The van der Waals surface area contributed by atoms with Gasteiger partial charge in [-0.15, -0.1) is 0 Å². The highest BCUT2D eigenvalue weighted by molar-refractivity contribution is 7.16. The Balaban J connectivity index is 2.53. The Labute approximate surface area is 376 Å². The van der Waals surface area contributed by atoms with E-state index in [0.29, 0.717) is 39.6 Å². The lowest BCUT2D eigenvalue weighted by Gasteiger charge is -2.39. The summed E-state index contributed by atoms with van der Waals surface area (Å²) in [4.78, 5) is 95.7. The SMILES string of the molecule is CCCCC1=C(C(=O)N(C(C)=O)C(C)(C)C)C(=O)N(N(C(C)=O)C(=O)c2ccccc2)C(=O)/C1=C\c1sc(N(CC(CC)CCCC)CC(CC)CCCC)nc1C(C)(C)CC. The second-order valence-electron chi connectivity index (χ2n) is 18.5. The lowest BCUT2D eigenvalue weighted by atomic mass is 9.84. The smallest absolute Gasteiger partial charge is 0.286 e. The maximum Gasteiger partial charge on any atom is 0.286 e. The van der Waals surface area contributed by atoms with Crippen LogP contribution in [0.2, 0.25) is 0 Å². The Morgan fingerprint density at radius 2 is 1.31 bits per heavy atom. The number of benzene rings is 1. The van der Waals surface area contributed by atoms with Crippen molar-refractivity contribution in [3.63, 3.8) is 0 Å². The molecule has 1 aromatic heterocycles. The van der Waals surface area contributed by atoms with Crippen molar-refractivity contribution >= 4 is 58.0 Å². The van der Waals surface area contributed by atoms with E-state index in [0.717, 1.165) is 93.5 Å². The molecule has 0 bridgehead atoms. The largest absolute Gasteiger partial charge is 0.348 e. The molecule has 0 N–H and O–H groups in total. The maximum atomic E-state index is 15.2. The number of amides is 6. The first kappa shape index (κ1) is 51.9. The van der Waals surface area contributed by atoms with Crippen molar-refractivity contribution in [2.45, 2.75) is 178 Å². The van der Waals surface area contributed by atoms with Gasteiger partial charge >= 0.3 is 0 Å². The minimum Gasteiger partial charge on any atom is -0.348 e. The zero-order valence-electron chi connectivity index (χ0n) is 40.1. The quantitative estimate of drug-likeness (QED) is 0.0650. The highest BCUT2D eigenvalue weighted by Crippen LogP contribution is 2.41. The Kier molecular flexibility index (Phi) is 19.5. The minimum absolute atomic E-state index is 0.00425. The van der Waals surface area contributed by atoms with E-state index < -0.39 is 52.0 Å². The molecule has 0 saturated carbocycles. The first-order valence-corrected chi connectivity index (χ1v) is 23.9. The summed E-state index contributed by atoms with van der Waals surface area (Å²) in [5.41, 5.74) is -0.900. The fourth-order valence-corrected chi connectivity index (χ4v) is 9.21. The summed E-state index contributed by atoms with van der Waals surface area (Å²) in [7, 11) is 0. The van der Waals surface area contributed by atoms with E-state index >= 15 is 4.79 Å². The summed E-state index contributed by atoms with van der Waals surface area (Å²) in [6.07, 6.45) is 12.7. The second-order valence-corrected chi connectivity index (χ2v) is 19.5. The second kappa shape index (κ2) is 23.3. The number of nitrogens with zero attached hydrogens (tertiary/aromatic N) is 5. The Morgan fingerprint density at radius 1 is 0.758 bits per heavy atom. The Bertz CT molecular complexity index is 1940. The molecular formula is C50H75N5O6S. The van der Waals surface area contributed by atoms with Gasteiger partial charge in [0.25, 0.3) is 23.6 Å². The molecule has 0 spiro atoms. The summed E-state index contributed by atoms with van der Waals surface area (Å²) >= 11 is 1.49. The minimum atomic E-state index is -1.14.